The molecule has 1 fully saturated rings. The highest BCUT2D eigenvalue weighted by atomic mass is 79.9. The molecule has 3 rings (SSSR count). The molecule has 0 spiro atoms. The standard InChI is InChI=1S/C15H13BrF2N2O2/c16-13-5-9(8-22-13)15(21)19-10-6-11(17)14(12(18)7-10)20-3-1-2-4-20/h5-8H,1-4H2,(H,19,21). The summed E-state index contributed by atoms with van der Waals surface area (Å²) in [5.41, 5.74) is 0.304. The van der Waals surface area contributed by atoms with E-state index >= 15 is 0 Å². The van der Waals surface area contributed by atoms with Crippen LogP contribution in [0.5, 0.6) is 0 Å². The van der Waals surface area contributed by atoms with Gasteiger partial charge in [0.1, 0.15) is 12.0 Å². The van der Waals surface area contributed by atoms with Crippen LogP contribution in [0.15, 0.2) is 33.5 Å². The molecule has 2 aromatic rings. The molecule has 0 saturated carbocycles. The molecule has 116 valence electrons. The van der Waals surface area contributed by atoms with Crippen molar-refractivity contribution >= 4 is 33.2 Å². The van der Waals surface area contributed by atoms with Gasteiger partial charge in [0.2, 0.25) is 0 Å². The van der Waals surface area contributed by atoms with E-state index in [2.05, 4.69) is 21.2 Å². The number of anilines is 2. The number of hydrogen-bond donors (Lipinski definition) is 1. The summed E-state index contributed by atoms with van der Waals surface area (Å²) in [6, 6.07) is 3.73. The summed E-state index contributed by atoms with van der Waals surface area (Å²) in [6.07, 6.45) is 3.10. The number of furan rings is 1. The van der Waals surface area contributed by atoms with Crippen LogP contribution >= 0.6 is 15.9 Å². The molecule has 0 atom stereocenters. The molecule has 1 amide bonds. The van der Waals surface area contributed by atoms with E-state index < -0.39 is 17.5 Å². The first-order chi connectivity index (χ1) is 10.5. The Labute approximate surface area is 134 Å². The number of rotatable bonds is 3. The molecule has 1 saturated heterocycles. The van der Waals surface area contributed by atoms with Gasteiger partial charge in [-0.15, -0.1) is 0 Å². The summed E-state index contributed by atoms with van der Waals surface area (Å²) >= 11 is 3.08. The van der Waals surface area contributed by atoms with Crippen LogP contribution in [0.2, 0.25) is 0 Å². The van der Waals surface area contributed by atoms with Crippen LogP contribution in [0.25, 0.3) is 0 Å². The Morgan fingerprint density at radius 1 is 1.18 bits per heavy atom. The Kier molecular flexibility index (Phi) is 4.15. The second kappa shape index (κ2) is 6.08. The van der Waals surface area contributed by atoms with Gasteiger partial charge < -0.3 is 14.6 Å². The van der Waals surface area contributed by atoms with Crippen LogP contribution in [-0.2, 0) is 0 Å². The number of nitrogens with zero attached hydrogens (tertiary/aromatic N) is 1. The topological polar surface area (TPSA) is 45.5 Å². The minimum Gasteiger partial charge on any atom is -0.457 e. The van der Waals surface area contributed by atoms with Crippen LogP contribution in [0.4, 0.5) is 20.2 Å². The summed E-state index contributed by atoms with van der Waals surface area (Å²) in [6.45, 7) is 1.28. The Morgan fingerprint density at radius 3 is 2.36 bits per heavy atom. The van der Waals surface area contributed by atoms with Gasteiger partial charge in [-0.25, -0.2) is 8.78 Å². The molecule has 22 heavy (non-hydrogen) atoms. The number of nitrogens with one attached hydrogen (secondary N) is 1. The summed E-state index contributed by atoms with van der Waals surface area (Å²) < 4.78 is 33.7. The van der Waals surface area contributed by atoms with Crippen LogP contribution < -0.4 is 10.2 Å². The molecule has 7 heteroatoms. The molecule has 0 unspecified atom stereocenters. The van der Waals surface area contributed by atoms with Gasteiger partial charge in [0.15, 0.2) is 16.3 Å². The smallest absolute Gasteiger partial charge is 0.258 e. The zero-order valence-electron chi connectivity index (χ0n) is 11.5. The number of carbonyl (C=O) groups is 1. The van der Waals surface area contributed by atoms with E-state index in [9.17, 15) is 13.6 Å². The normalized spacial score (nSPS) is 14.4. The van der Waals surface area contributed by atoms with Crippen LogP contribution in [0.3, 0.4) is 0 Å². The fourth-order valence-electron chi connectivity index (χ4n) is 2.51. The zero-order chi connectivity index (χ0) is 15.7. The van der Waals surface area contributed by atoms with Gasteiger partial charge >= 0.3 is 0 Å². The summed E-state index contributed by atoms with van der Waals surface area (Å²) in [5.74, 6) is -1.85. The van der Waals surface area contributed by atoms with E-state index in [4.69, 9.17) is 4.42 Å². The second-order valence-corrected chi connectivity index (χ2v) is 5.86. The first-order valence-corrected chi connectivity index (χ1v) is 7.63. The number of carbonyl (C=O) groups excluding carboxylic acids is 1. The molecule has 2 heterocycles. The van der Waals surface area contributed by atoms with Gasteiger partial charge in [-0.1, -0.05) is 0 Å². The lowest BCUT2D eigenvalue weighted by molar-refractivity contribution is 0.102. The predicted octanol–water partition coefficient (Wildman–Crippen LogP) is 4.17. The third kappa shape index (κ3) is 2.99. The van der Waals surface area contributed by atoms with Crippen molar-refractivity contribution in [3.05, 3.63) is 46.3 Å². The highest BCUT2D eigenvalue weighted by Gasteiger charge is 2.21. The van der Waals surface area contributed by atoms with Crippen molar-refractivity contribution in [1.82, 2.24) is 0 Å². The molecular formula is C15H13BrF2N2O2. The lowest BCUT2D eigenvalue weighted by atomic mass is 10.2. The van der Waals surface area contributed by atoms with Crippen molar-refractivity contribution in [1.29, 1.82) is 0 Å². The largest absolute Gasteiger partial charge is 0.457 e. The van der Waals surface area contributed by atoms with Gasteiger partial charge in [-0.3, -0.25) is 4.79 Å². The average Bonchev–Trinajstić information content (AvgIpc) is 3.09. The molecule has 1 aromatic heterocycles. The van der Waals surface area contributed by atoms with E-state index in [1.165, 1.54) is 12.3 Å². The highest BCUT2D eigenvalue weighted by molar-refractivity contribution is 9.10. The van der Waals surface area contributed by atoms with Crippen LogP contribution in [0, 0.1) is 11.6 Å². The maximum absolute atomic E-state index is 14.2. The molecule has 1 aliphatic rings. The monoisotopic (exact) mass is 370 g/mol. The Morgan fingerprint density at radius 2 is 1.82 bits per heavy atom. The summed E-state index contributed by atoms with van der Waals surface area (Å²) in [7, 11) is 0. The van der Waals surface area contributed by atoms with Crippen molar-refractivity contribution in [3.8, 4) is 0 Å². The SMILES string of the molecule is O=C(Nc1cc(F)c(N2CCCC2)c(F)c1)c1coc(Br)c1. The van der Waals surface area contributed by atoms with Crippen LogP contribution in [0.1, 0.15) is 23.2 Å². The fourth-order valence-corrected chi connectivity index (χ4v) is 2.85. The molecule has 1 aromatic carbocycles. The van der Waals surface area contributed by atoms with Gasteiger partial charge in [-0.2, -0.15) is 0 Å². The first-order valence-electron chi connectivity index (χ1n) is 6.84. The fraction of sp³-hybridized carbons (Fsp3) is 0.267. The minimum atomic E-state index is -0.675. The maximum Gasteiger partial charge on any atom is 0.258 e. The number of benzene rings is 1. The number of amides is 1. The molecule has 0 aliphatic carbocycles. The van der Waals surface area contributed by atoms with E-state index in [-0.39, 0.29) is 16.9 Å². The summed E-state index contributed by atoms with van der Waals surface area (Å²) in [4.78, 5) is 13.6. The quantitative estimate of drug-likeness (QED) is 0.881. The highest BCUT2D eigenvalue weighted by Crippen LogP contribution is 2.30. The van der Waals surface area contributed by atoms with Crippen molar-refractivity contribution in [2.45, 2.75) is 12.8 Å². The van der Waals surface area contributed by atoms with Gasteiger partial charge in [0, 0.05) is 24.8 Å². The van der Waals surface area contributed by atoms with Crippen molar-refractivity contribution in [2.24, 2.45) is 0 Å². The molecule has 0 radical (unpaired) electrons. The van der Waals surface area contributed by atoms with E-state index in [1.807, 2.05) is 0 Å². The molecule has 4 nitrogen and oxygen atoms in total. The zero-order valence-corrected chi connectivity index (χ0v) is 13.1. The Hall–Kier alpha value is -1.89. The molecule has 0 bridgehead atoms. The third-order valence-electron chi connectivity index (χ3n) is 3.53. The predicted molar refractivity (Wildman–Crippen MR) is 82.2 cm³/mol. The molecule has 1 N–H and O–H groups in total. The van der Waals surface area contributed by atoms with E-state index in [0.29, 0.717) is 17.8 Å². The maximum atomic E-state index is 14.2. The third-order valence-corrected chi connectivity index (χ3v) is 3.94. The molecular weight excluding hydrogens is 358 g/mol. The van der Waals surface area contributed by atoms with Gasteiger partial charge in [-0.05, 0) is 40.9 Å². The summed E-state index contributed by atoms with van der Waals surface area (Å²) in [5, 5.41) is 2.45. The van der Waals surface area contributed by atoms with Crippen molar-refractivity contribution < 1.29 is 18.0 Å². The number of halogens is 3. The van der Waals surface area contributed by atoms with Crippen molar-refractivity contribution in [2.75, 3.05) is 23.3 Å². The van der Waals surface area contributed by atoms with Gasteiger partial charge in [0.05, 0.1) is 5.56 Å². The van der Waals surface area contributed by atoms with E-state index in [0.717, 1.165) is 25.0 Å². The average molecular weight is 371 g/mol. The number of hydrogen-bond acceptors (Lipinski definition) is 3. The Bertz CT molecular complexity index is 688. The van der Waals surface area contributed by atoms with E-state index in [1.54, 1.807) is 4.90 Å². The lowest BCUT2D eigenvalue weighted by Gasteiger charge is -2.19. The molecule has 1 aliphatic heterocycles. The lowest BCUT2D eigenvalue weighted by Crippen LogP contribution is -2.21. The minimum absolute atomic E-state index is 0.0263. The second-order valence-electron chi connectivity index (χ2n) is 5.08. The first kappa shape index (κ1) is 15.0. The Balaban J connectivity index is 1.81. The van der Waals surface area contributed by atoms with Crippen LogP contribution in [-0.4, -0.2) is 19.0 Å². The van der Waals surface area contributed by atoms with Gasteiger partial charge in [0.25, 0.3) is 5.91 Å². The van der Waals surface area contributed by atoms with Crippen molar-refractivity contribution in [3.63, 3.8) is 0 Å².